The number of hydrogen-bond donors (Lipinski definition) is 2. The van der Waals surface area contributed by atoms with Crippen molar-refractivity contribution >= 4 is 19.8 Å². The minimum Gasteiger partial charge on any atom is -0.462 e. The van der Waals surface area contributed by atoms with Gasteiger partial charge in [-0.3, -0.25) is 18.6 Å². The number of ether oxygens (including phenoxy) is 2. The van der Waals surface area contributed by atoms with Crippen LogP contribution in [0.5, 0.6) is 0 Å². The summed E-state index contributed by atoms with van der Waals surface area (Å²) in [4.78, 5) is 35.5. The number of carbonyl (C=O) groups excluding carboxylic acids is 2. The maximum Gasteiger partial charge on any atom is 0.472 e. The number of unbranched alkanes of at least 4 members (excludes halogenated alkanes) is 53. The van der Waals surface area contributed by atoms with Crippen molar-refractivity contribution in [3.05, 3.63) is 85.1 Å². The third-order valence-electron chi connectivity index (χ3n) is 18.8. The van der Waals surface area contributed by atoms with E-state index in [9.17, 15) is 19.0 Å². The van der Waals surface area contributed by atoms with Crippen molar-refractivity contribution in [2.45, 2.75) is 431 Å². The largest absolute Gasteiger partial charge is 0.472 e. The van der Waals surface area contributed by atoms with Gasteiger partial charge in [0.1, 0.15) is 6.61 Å². The van der Waals surface area contributed by atoms with Gasteiger partial charge in [0.15, 0.2) is 6.10 Å². The van der Waals surface area contributed by atoms with Gasteiger partial charge in [0.2, 0.25) is 0 Å². The zero-order valence-corrected chi connectivity index (χ0v) is 65.0. The molecule has 0 saturated heterocycles. The molecule has 0 amide bonds. The summed E-state index contributed by atoms with van der Waals surface area (Å²) in [7, 11) is -4.40. The SMILES string of the molecule is CC/C=C\C/C=C\C/C=C\C/C=C\C/C=C\C/C=C\CCCCCCCCCCCCCCCCCCCCCCC(=O)OC(COC(=O)CCCCCCCCCCCCCCCCCCCCCCCCCCC/C=C\CCCCCCCCCC)COP(=O)(O)OCCN. The molecule has 0 aliphatic heterocycles. The lowest BCUT2D eigenvalue weighted by Gasteiger charge is -2.19. The van der Waals surface area contributed by atoms with Crippen LogP contribution in [-0.4, -0.2) is 49.3 Å². The van der Waals surface area contributed by atoms with Crippen molar-refractivity contribution in [2.24, 2.45) is 5.73 Å². The molecule has 0 aromatic heterocycles. The molecule has 9 nitrogen and oxygen atoms in total. The molecule has 2 unspecified atom stereocenters. The average molecular weight is 1380 g/mol. The van der Waals surface area contributed by atoms with E-state index in [0.29, 0.717) is 6.42 Å². The van der Waals surface area contributed by atoms with Crippen molar-refractivity contribution in [3.63, 3.8) is 0 Å². The molecule has 0 aliphatic carbocycles. The molecule has 97 heavy (non-hydrogen) atoms. The quantitative estimate of drug-likeness (QED) is 0.0264. The molecule has 0 fully saturated rings. The fourth-order valence-corrected chi connectivity index (χ4v) is 13.3. The Balaban J connectivity index is 3.75. The lowest BCUT2D eigenvalue weighted by molar-refractivity contribution is -0.161. The molecule has 2 atom stereocenters. The highest BCUT2D eigenvalue weighted by molar-refractivity contribution is 7.47. The standard InChI is InChI=1S/C87H160NO8P/c1-3-5-7-9-11-13-15-17-19-21-23-25-27-29-31-33-35-37-39-41-42-44-46-48-50-52-54-56-58-60-62-64-66-68-70-72-74-76-78-80-87(90)96-85(84-95-97(91,92)94-82-81-88)83-93-86(89)79-77-75-73-71-69-67-65-63-61-59-57-55-53-51-49-47-45-43-40-38-36-34-32-30-28-26-24-22-20-18-16-14-12-10-8-6-4-2/h5,7,11,13,17,19,22-25,29,31,35,37,85H,3-4,6,8-10,12,14-16,18,20-21,26-28,30,32-34,36,38-84,88H2,1-2H3,(H,91,92)/b7-5-,13-11-,19-17-,24-22-,25-23-,31-29-,37-35-. The smallest absolute Gasteiger partial charge is 0.462 e. The van der Waals surface area contributed by atoms with Crippen LogP contribution in [0.15, 0.2) is 85.1 Å². The van der Waals surface area contributed by atoms with Crippen molar-refractivity contribution in [1.82, 2.24) is 0 Å². The first-order valence-electron chi connectivity index (χ1n) is 42.1. The lowest BCUT2D eigenvalue weighted by Crippen LogP contribution is -2.29. The first kappa shape index (κ1) is 94.2. The van der Waals surface area contributed by atoms with Gasteiger partial charge in [-0.25, -0.2) is 4.57 Å². The van der Waals surface area contributed by atoms with E-state index >= 15 is 0 Å². The van der Waals surface area contributed by atoms with Crippen LogP contribution in [0.3, 0.4) is 0 Å². The maximum atomic E-state index is 12.8. The molecular weight excluding hydrogens is 1220 g/mol. The van der Waals surface area contributed by atoms with Gasteiger partial charge < -0.3 is 20.1 Å². The summed E-state index contributed by atoms with van der Waals surface area (Å²) in [5, 5.41) is 0. The fourth-order valence-electron chi connectivity index (χ4n) is 12.6. The molecule has 566 valence electrons. The molecular formula is C87H160NO8P. The number of hydrogen-bond acceptors (Lipinski definition) is 8. The Kier molecular flexibility index (Phi) is 79.8. The van der Waals surface area contributed by atoms with Crippen molar-refractivity contribution in [3.8, 4) is 0 Å². The number of rotatable bonds is 80. The Labute approximate surface area is 602 Å². The van der Waals surface area contributed by atoms with Crippen LogP contribution < -0.4 is 5.73 Å². The first-order valence-corrected chi connectivity index (χ1v) is 43.6. The normalized spacial score (nSPS) is 13.2. The minimum absolute atomic E-state index is 0.0544. The summed E-state index contributed by atoms with van der Waals surface area (Å²) < 4.78 is 33.3. The zero-order chi connectivity index (χ0) is 70.0. The van der Waals surface area contributed by atoms with Gasteiger partial charge in [0.05, 0.1) is 13.2 Å². The number of carbonyl (C=O) groups is 2. The van der Waals surface area contributed by atoms with E-state index in [2.05, 4.69) is 98.9 Å². The minimum atomic E-state index is -4.40. The molecule has 0 bridgehead atoms. The summed E-state index contributed by atoms with van der Waals surface area (Å²) in [6, 6.07) is 0. The Hall–Kier alpha value is -2.81. The third-order valence-corrected chi connectivity index (χ3v) is 19.7. The molecule has 10 heteroatoms. The molecule has 0 saturated carbocycles. The highest BCUT2D eigenvalue weighted by Crippen LogP contribution is 2.43. The molecule has 0 radical (unpaired) electrons. The molecule has 0 aromatic rings. The maximum absolute atomic E-state index is 12.8. The number of phosphoric acid groups is 1. The average Bonchev–Trinajstić information content (AvgIpc) is 2.88. The molecule has 0 aromatic carbocycles. The Morgan fingerprint density at radius 3 is 0.856 bits per heavy atom. The molecule has 0 aliphatic rings. The summed E-state index contributed by atoms with van der Waals surface area (Å²) in [5.74, 6) is -0.805. The van der Waals surface area contributed by atoms with Gasteiger partial charge in [0.25, 0.3) is 0 Å². The van der Waals surface area contributed by atoms with Gasteiger partial charge in [-0.1, -0.05) is 407 Å². The van der Waals surface area contributed by atoms with Crippen LogP contribution in [0.2, 0.25) is 0 Å². The second kappa shape index (κ2) is 82.1. The van der Waals surface area contributed by atoms with Gasteiger partial charge in [-0.05, 0) is 89.9 Å². The number of allylic oxidation sites excluding steroid dienone is 14. The van der Waals surface area contributed by atoms with Crippen LogP contribution in [-0.2, 0) is 32.7 Å². The van der Waals surface area contributed by atoms with Gasteiger partial charge in [0, 0.05) is 19.4 Å². The van der Waals surface area contributed by atoms with Crippen molar-refractivity contribution in [2.75, 3.05) is 26.4 Å². The predicted octanol–water partition coefficient (Wildman–Crippen LogP) is 28.4. The van der Waals surface area contributed by atoms with Crippen LogP contribution in [0.25, 0.3) is 0 Å². The predicted molar refractivity (Wildman–Crippen MR) is 422 cm³/mol. The van der Waals surface area contributed by atoms with Crippen LogP contribution in [0.1, 0.15) is 425 Å². The number of esters is 2. The van der Waals surface area contributed by atoms with E-state index in [1.54, 1.807) is 0 Å². The molecule has 3 N–H and O–H groups in total. The Bertz CT molecular complexity index is 1870. The highest BCUT2D eigenvalue weighted by Gasteiger charge is 2.26. The summed E-state index contributed by atoms with van der Waals surface area (Å²) in [6.07, 6.45) is 112. The van der Waals surface area contributed by atoms with Crippen molar-refractivity contribution in [1.29, 1.82) is 0 Å². The third kappa shape index (κ3) is 82.0. The van der Waals surface area contributed by atoms with Gasteiger partial charge in [-0.15, -0.1) is 0 Å². The molecule has 0 heterocycles. The summed E-state index contributed by atoms with van der Waals surface area (Å²) in [5.41, 5.74) is 5.42. The summed E-state index contributed by atoms with van der Waals surface area (Å²) in [6.45, 7) is 3.70. The van der Waals surface area contributed by atoms with E-state index in [-0.39, 0.29) is 38.6 Å². The molecule has 0 rings (SSSR count). The van der Waals surface area contributed by atoms with E-state index < -0.39 is 26.5 Å². The number of nitrogens with two attached hydrogens (primary N) is 1. The van der Waals surface area contributed by atoms with E-state index in [0.717, 1.165) is 70.6 Å². The number of phosphoric ester groups is 1. The van der Waals surface area contributed by atoms with Crippen LogP contribution in [0.4, 0.5) is 0 Å². The molecule has 0 spiro atoms. The fraction of sp³-hybridized carbons (Fsp3) is 0.816. The second-order valence-corrected chi connectivity index (χ2v) is 29.8. The highest BCUT2D eigenvalue weighted by atomic mass is 31.2. The Morgan fingerprint density at radius 1 is 0.320 bits per heavy atom. The first-order chi connectivity index (χ1) is 47.8. The van der Waals surface area contributed by atoms with E-state index in [4.69, 9.17) is 24.3 Å². The lowest BCUT2D eigenvalue weighted by atomic mass is 10.0. The van der Waals surface area contributed by atoms with Crippen molar-refractivity contribution < 1.29 is 37.6 Å². The zero-order valence-electron chi connectivity index (χ0n) is 64.1. The van der Waals surface area contributed by atoms with E-state index in [1.165, 1.54) is 321 Å². The monoisotopic (exact) mass is 1380 g/mol. The topological polar surface area (TPSA) is 134 Å². The van der Waals surface area contributed by atoms with Gasteiger partial charge >= 0.3 is 19.8 Å². The van der Waals surface area contributed by atoms with E-state index in [1.807, 2.05) is 0 Å². The second-order valence-electron chi connectivity index (χ2n) is 28.3. The Morgan fingerprint density at radius 2 is 0.567 bits per heavy atom. The summed E-state index contributed by atoms with van der Waals surface area (Å²) >= 11 is 0. The van der Waals surface area contributed by atoms with Crippen LogP contribution in [0, 0.1) is 0 Å². The van der Waals surface area contributed by atoms with Gasteiger partial charge in [-0.2, -0.15) is 0 Å². The van der Waals surface area contributed by atoms with Crippen LogP contribution >= 0.6 is 7.82 Å².